The lowest BCUT2D eigenvalue weighted by molar-refractivity contribution is -0.384. The fraction of sp³-hybridized carbons (Fsp3) is 0.148. The maximum Gasteiger partial charge on any atom is 0.287 e. The maximum absolute atomic E-state index is 13.0. The lowest BCUT2D eigenvalue weighted by atomic mass is 10.1. The molecule has 0 spiro atoms. The monoisotopic (exact) mass is 486 g/mol. The fourth-order valence-corrected chi connectivity index (χ4v) is 3.07. The van der Waals surface area contributed by atoms with Crippen molar-refractivity contribution in [3.05, 3.63) is 111 Å². The SMILES string of the molecule is CCCOc1ccc(/C=C(\NC(=O)c2ccccc2)C(=O)N/N=C(/C)c2ccc([N+](=O)[O-])cc2)cc1. The summed E-state index contributed by atoms with van der Waals surface area (Å²) >= 11 is 0. The molecule has 0 fully saturated rings. The molecule has 36 heavy (non-hydrogen) atoms. The van der Waals surface area contributed by atoms with Crippen molar-refractivity contribution in [2.45, 2.75) is 20.3 Å². The van der Waals surface area contributed by atoms with Crippen LogP contribution < -0.4 is 15.5 Å². The van der Waals surface area contributed by atoms with Crippen LogP contribution in [0.25, 0.3) is 6.08 Å². The number of nitro groups is 1. The van der Waals surface area contributed by atoms with Crippen molar-refractivity contribution in [3.8, 4) is 5.75 Å². The van der Waals surface area contributed by atoms with E-state index in [4.69, 9.17) is 4.74 Å². The highest BCUT2D eigenvalue weighted by atomic mass is 16.6. The normalized spacial score (nSPS) is 11.5. The number of hydrogen-bond donors (Lipinski definition) is 2. The van der Waals surface area contributed by atoms with Gasteiger partial charge in [-0.05, 0) is 66.9 Å². The van der Waals surface area contributed by atoms with Gasteiger partial charge in [0, 0.05) is 17.7 Å². The molecule has 0 saturated carbocycles. The van der Waals surface area contributed by atoms with E-state index in [2.05, 4.69) is 15.8 Å². The molecule has 0 aliphatic heterocycles. The average Bonchev–Trinajstić information content (AvgIpc) is 2.91. The molecule has 0 unspecified atom stereocenters. The van der Waals surface area contributed by atoms with E-state index in [0.29, 0.717) is 34.8 Å². The van der Waals surface area contributed by atoms with Crippen LogP contribution in [0.15, 0.2) is 89.7 Å². The van der Waals surface area contributed by atoms with Crippen LogP contribution in [0.1, 0.15) is 41.8 Å². The molecule has 9 heteroatoms. The number of ether oxygens (including phenoxy) is 1. The van der Waals surface area contributed by atoms with Gasteiger partial charge in [-0.25, -0.2) is 5.43 Å². The smallest absolute Gasteiger partial charge is 0.287 e. The summed E-state index contributed by atoms with van der Waals surface area (Å²) in [6.45, 7) is 4.27. The van der Waals surface area contributed by atoms with Gasteiger partial charge in [0.05, 0.1) is 17.2 Å². The lowest BCUT2D eigenvalue weighted by Gasteiger charge is -2.10. The zero-order valence-corrected chi connectivity index (χ0v) is 19.9. The van der Waals surface area contributed by atoms with Gasteiger partial charge in [0.15, 0.2) is 0 Å². The number of non-ortho nitro benzene ring substituents is 1. The molecule has 0 bridgehead atoms. The zero-order chi connectivity index (χ0) is 25.9. The molecule has 184 valence electrons. The number of hydrazone groups is 1. The van der Waals surface area contributed by atoms with Crippen molar-refractivity contribution in [1.29, 1.82) is 0 Å². The van der Waals surface area contributed by atoms with Gasteiger partial charge in [-0.3, -0.25) is 19.7 Å². The number of hydrogen-bond acceptors (Lipinski definition) is 6. The zero-order valence-electron chi connectivity index (χ0n) is 19.9. The Balaban J connectivity index is 1.81. The van der Waals surface area contributed by atoms with E-state index in [9.17, 15) is 19.7 Å². The molecule has 0 saturated heterocycles. The first-order valence-electron chi connectivity index (χ1n) is 11.3. The summed E-state index contributed by atoms with van der Waals surface area (Å²) < 4.78 is 5.59. The van der Waals surface area contributed by atoms with Gasteiger partial charge < -0.3 is 10.1 Å². The minimum absolute atomic E-state index is 0.00803. The van der Waals surface area contributed by atoms with E-state index >= 15 is 0 Å². The first kappa shape index (κ1) is 25.8. The first-order chi connectivity index (χ1) is 17.4. The Morgan fingerprint density at radius 1 is 0.972 bits per heavy atom. The average molecular weight is 487 g/mol. The molecule has 2 amide bonds. The second-order valence-electron chi connectivity index (χ2n) is 7.74. The fourth-order valence-electron chi connectivity index (χ4n) is 3.07. The van der Waals surface area contributed by atoms with Crippen molar-refractivity contribution < 1.29 is 19.2 Å². The largest absolute Gasteiger partial charge is 0.494 e. The maximum atomic E-state index is 13.0. The standard InChI is InChI=1S/C27H26N4O5/c1-3-17-36-24-15-9-20(10-16-24)18-25(28-26(32)22-7-5-4-6-8-22)27(33)30-29-19(2)21-11-13-23(14-12-21)31(34)35/h4-16,18H,3,17H2,1-2H3,(H,28,32)(H,30,33)/b25-18-,29-19-. The highest BCUT2D eigenvalue weighted by molar-refractivity contribution is 6.06. The second kappa shape index (κ2) is 12.6. The number of rotatable bonds is 10. The lowest BCUT2D eigenvalue weighted by Crippen LogP contribution is -2.33. The molecule has 9 nitrogen and oxygen atoms in total. The molecular formula is C27H26N4O5. The number of carbonyl (C=O) groups is 2. The Morgan fingerprint density at radius 2 is 1.64 bits per heavy atom. The summed E-state index contributed by atoms with van der Waals surface area (Å²) in [5, 5.41) is 17.6. The molecular weight excluding hydrogens is 460 g/mol. The number of benzene rings is 3. The molecule has 3 aromatic carbocycles. The predicted molar refractivity (Wildman–Crippen MR) is 138 cm³/mol. The Kier molecular flexibility index (Phi) is 9.05. The highest BCUT2D eigenvalue weighted by Gasteiger charge is 2.15. The third kappa shape index (κ3) is 7.36. The van der Waals surface area contributed by atoms with Crippen molar-refractivity contribution in [2.24, 2.45) is 5.10 Å². The Hall–Kier alpha value is -4.79. The van der Waals surface area contributed by atoms with Gasteiger partial charge in [0.25, 0.3) is 17.5 Å². The summed E-state index contributed by atoms with van der Waals surface area (Å²) in [6.07, 6.45) is 2.42. The predicted octanol–water partition coefficient (Wildman–Crippen LogP) is 4.69. The Labute approximate surface area is 208 Å². The topological polar surface area (TPSA) is 123 Å². The summed E-state index contributed by atoms with van der Waals surface area (Å²) in [5.74, 6) is -0.375. The number of nitrogens with one attached hydrogen (secondary N) is 2. The van der Waals surface area contributed by atoms with Gasteiger partial charge in [0.2, 0.25) is 0 Å². The summed E-state index contributed by atoms with van der Waals surface area (Å²) in [4.78, 5) is 36.1. The molecule has 0 aliphatic rings. The number of nitro benzene ring substituents is 1. The minimum atomic E-state index is -0.633. The van der Waals surface area contributed by atoms with Gasteiger partial charge in [-0.2, -0.15) is 5.10 Å². The van der Waals surface area contributed by atoms with Crippen LogP contribution >= 0.6 is 0 Å². The van der Waals surface area contributed by atoms with Crippen molar-refractivity contribution in [1.82, 2.24) is 10.7 Å². The molecule has 0 aromatic heterocycles. The van der Waals surface area contributed by atoms with Crippen LogP contribution in [0.4, 0.5) is 5.69 Å². The summed E-state index contributed by atoms with van der Waals surface area (Å²) in [7, 11) is 0. The van der Waals surface area contributed by atoms with Crippen LogP contribution in [0.5, 0.6) is 5.75 Å². The quantitative estimate of drug-likeness (QED) is 0.186. The van der Waals surface area contributed by atoms with E-state index in [-0.39, 0.29) is 11.4 Å². The van der Waals surface area contributed by atoms with E-state index in [1.165, 1.54) is 18.2 Å². The molecule has 0 aliphatic carbocycles. The number of amides is 2. The molecule has 3 rings (SSSR count). The minimum Gasteiger partial charge on any atom is -0.494 e. The Morgan fingerprint density at radius 3 is 2.25 bits per heavy atom. The third-order valence-corrected chi connectivity index (χ3v) is 5.01. The molecule has 3 aromatic rings. The van der Waals surface area contributed by atoms with Crippen molar-refractivity contribution >= 4 is 29.3 Å². The van der Waals surface area contributed by atoms with Crippen molar-refractivity contribution in [3.63, 3.8) is 0 Å². The Bertz CT molecular complexity index is 1270. The van der Waals surface area contributed by atoms with E-state index in [1.807, 2.05) is 6.92 Å². The molecule has 2 N–H and O–H groups in total. The van der Waals surface area contributed by atoms with Gasteiger partial charge in [0.1, 0.15) is 11.4 Å². The third-order valence-electron chi connectivity index (χ3n) is 5.01. The first-order valence-corrected chi connectivity index (χ1v) is 11.3. The number of nitrogens with zero attached hydrogens (tertiary/aromatic N) is 2. The highest BCUT2D eigenvalue weighted by Crippen LogP contribution is 2.15. The van der Waals surface area contributed by atoms with E-state index in [0.717, 1.165) is 6.42 Å². The van der Waals surface area contributed by atoms with Gasteiger partial charge in [-0.15, -0.1) is 0 Å². The molecule has 0 heterocycles. The summed E-state index contributed by atoms with van der Waals surface area (Å²) in [6, 6.07) is 21.4. The van der Waals surface area contributed by atoms with Crippen LogP contribution in [-0.4, -0.2) is 29.1 Å². The molecule has 0 radical (unpaired) electrons. The molecule has 0 atom stereocenters. The van der Waals surface area contributed by atoms with Crippen LogP contribution in [-0.2, 0) is 4.79 Å². The number of carbonyl (C=O) groups excluding carboxylic acids is 2. The van der Waals surface area contributed by atoms with Gasteiger partial charge >= 0.3 is 0 Å². The van der Waals surface area contributed by atoms with Crippen LogP contribution in [0.2, 0.25) is 0 Å². The van der Waals surface area contributed by atoms with Crippen molar-refractivity contribution in [2.75, 3.05) is 6.61 Å². The van der Waals surface area contributed by atoms with Crippen LogP contribution in [0, 0.1) is 10.1 Å². The summed E-state index contributed by atoms with van der Waals surface area (Å²) in [5.41, 5.74) is 4.49. The van der Waals surface area contributed by atoms with E-state index < -0.39 is 16.7 Å². The van der Waals surface area contributed by atoms with Crippen LogP contribution in [0.3, 0.4) is 0 Å². The second-order valence-corrected chi connectivity index (χ2v) is 7.74. The van der Waals surface area contributed by atoms with Gasteiger partial charge in [-0.1, -0.05) is 37.3 Å². The van der Waals surface area contributed by atoms with E-state index in [1.54, 1.807) is 73.7 Å².